The van der Waals surface area contributed by atoms with Gasteiger partial charge in [-0.25, -0.2) is 4.98 Å². The van der Waals surface area contributed by atoms with Crippen molar-refractivity contribution < 1.29 is 9.53 Å². The molecule has 4 nitrogen and oxygen atoms in total. The number of aromatic nitrogens is 1. The van der Waals surface area contributed by atoms with Gasteiger partial charge in [-0.15, -0.1) is 0 Å². The van der Waals surface area contributed by atoms with Crippen molar-refractivity contribution in [1.29, 1.82) is 0 Å². The lowest BCUT2D eigenvalue weighted by Crippen LogP contribution is -2.51. The zero-order valence-electron chi connectivity index (χ0n) is 7.57. The second-order valence-corrected chi connectivity index (χ2v) is 4.40. The Morgan fingerprint density at radius 3 is 2.93 bits per heavy atom. The minimum atomic E-state index is 0.275. The highest BCUT2D eigenvalue weighted by atomic mass is 35.5. The molecule has 6 heteroatoms. The number of anilines is 1. The van der Waals surface area contributed by atoms with E-state index in [1.165, 1.54) is 11.3 Å². The fourth-order valence-corrected chi connectivity index (χ4v) is 2.33. The molecule has 0 N–H and O–H groups in total. The van der Waals surface area contributed by atoms with Gasteiger partial charge in [0, 0.05) is 20.2 Å². The molecule has 1 aliphatic rings. The zero-order chi connectivity index (χ0) is 10.1. The van der Waals surface area contributed by atoms with Crippen LogP contribution in [0.2, 0.25) is 5.15 Å². The van der Waals surface area contributed by atoms with Gasteiger partial charge in [0.15, 0.2) is 16.6 Å². The molecule has 0 atom stereocenters. The number of hydrogen-bond donors (Lipinski definition) is 0. The molecule has 0 bridgehead atoms. The van der Waals surface area contributed by atoms with Crippen molar-refractivity contribution in [2.24, 2.45) is 0 Å². The minimum Gasteiger partial charge on any atom is -0.378 e. The van der Waals surface area contributed by atoms with Gasteiger partial charge < -0.3 is 9.64 Å². The number of hydrogen-bond acceptors (Lipinski definition) is 5. The number of thiazole rings is 1. The Hall–Kier alpha value is -0.650. The van der Waals surface area contributed by atoms with Gasteiger partial charge in [0.1, 0.15) is 4.88 Å². The number of rotatable bonds is 3. The smallest absolute Gasteiger partial charge is 0.187 e. The average molecular weight is 233 g/mol. The highest BCUT2D eigenvalue weighted by molar-refractivity contribution is 7.17. The molecule has 0 saturated carbocycles. The van der Waals surface area contributed by atoms with Crippen molar-refractivity contribution >= 4 is 34.4 Å². The first kappa shape index (κ1) is 9.89. The van der Waals surface area contributed by atoms with Crippen molar-refractivity contribution in [3.63, 3.8) is 0 Å². The van der Waals surface area contributed by atoms with Crippen molar-refractivity contribution in [3.05, 3.63) is 10.0 Å². The number of methoxy groups -OCH3 is 1. The Balaban J connectivity index is 2.07. The van der Waals surface area contributed by atoms with Crippen LogP contribution in [0.3, 0.4) is 0 Å². The van der Waals surface area contributed by atoms with Crippen LogP contribution in [0, 0.1) is 0 Å². The summed E-state index contributed by atoms with van der Waals surface area (Å²) in [6.45, 7) is 1.64. The van der Waals surface area contributed by atoms with E-state index in [9.17, 15) is 4.79 Å². The summed E-state index contributed by atoms with van der Waals surface area (Å²) < 4.78 is 5.13. The molecule has 0 aromatic carbocycles. The quantitative estimate of drug-likeness (QED) is 0.740. The first-order chi connectivity index (χ1) is 6.74. The van der Waals surface area contributed by atoms with E-state index in [4.69, 9.17) is 16.3 Å². The van der Waals surface area contributed by atoms with Crippen LogP contribution >= 0.6 is 22.9 Å². The maximum Gasteiger partial charge on any atom is 0.187 e. The van der Waals surface area contributed by atoms with E-state index in [0.717, 1.165) is 24.5 Å². The average Bonchev–Trinajstić information content (AvgIpc) is 2.45. The molecule has 0 unspecified atom stereocenters. The van der Waals surface area contributed by atoms with Gasteiger partial charge in [0.05, 0.1) is 6.10 Å². The molecule has 2 heterocycles. The van der Waals surface area contributed by atoms with E-state index in [0.29, 0.717) is 10.0 Å². The fourth-order valence-electron chi connectivity index (χ4n) is 1.25. The maximum absolute atomic E-state index is 10.5. The van der Waals surface area contributed by atoms with E-state index in [1.807, 2.05) is 4.90 Å². The van der Waals surface area contributed by atoms with Gasteiger partial charge in [-0.05, 0) is 0 Å². The predicted molar refractivity (Wildman–Crippen MR) is 55.5 cm³/mol. The Morgan fingerprint density at radius 1 is 1.71 bits per heavy atom. The number of ether oxygens (including phenoxy) is 1. The van der Waals surface area contributed by atoms with Crippen LogP contribution in [0.25, 0.3) is 0 Å². The summed E-state index contributed by atoms with van der Waals surface area (Å²) in [7, 11) is 1.69. The second kappa shape index (κ2) is 3.84. The molecule has 0 radical (unpaired) electrons. The maximum atomic E-state index is 10.5. The number of carbonyl (C=O) groups is 1. The van der Waals surface area contributed by atoms with Crippen molar-refractivity contribution in [2.45, 2.75) is 6.10 Å². The minimum absolute atomic E-state index is 0.275. The van der Waals surface area contributed by atoms with Crippen LogP contribution in [0.4, 0.5) is 5.13 Å². The van der Waals surface area contributed by atoms with Crippen molar-refractivity contribution in [1.82, 2.24) is 4.98 Å². The molecule has 76 valence electrons. The largest absolute Gasteiger partial charge is 0.378 e. The molecule has 0 spiro atoms. The molecule has 14 heavy (non-hydrogen) atoms. The number of aldehydes is 1. The molecular formula is C8H9ClN2O2S. The highest BCUT2D eigenvalue weighted by Crippen LogP contribution is 2.31. The van der Waals surface area contributed by atoms with E-state index < -0.39 is 0 Å². The third-order valence-electron chi connectivity index (χ3n) is 2.16. The molecular weight excluding hydrogens is 224 g/mol. The van der Waals surface area contributed by atoms with Crippen LogP contribution in [-0.2, 0) is 4.74 Å². The second-order valence-electron chi connectivity index (χ2n) is 3.03. The van der Waals surface area contributed by atoms with Gasteiger partial charge in [-0.1, -0.05) is 22.9 Å². The summed E-state index contributed by atoms with van der Waals surface area (Å²) in [5, 5.41) is 1.09. The van der Waals surface area contributed by atoms with Crippen LogP contribution in [0.15, 0.2) is 0 Å². The van der Waals surface area contributed by atoms with Gasteiger partial charge in [-0.2, -0.15) is 0 Å². The Kier molecular flexibility index (Phi) is 2.71. The van der Waals surface area contributed by atoms with Crippen molar-refractivity contribution in [3.8, 4) is 0 Å². The topological polar surface area (TPSA) is 42.4 Å². The van der Waals surface area contributed by atoms with Crippen LogP contribution < -0.4 is 4.90 Å². The Morgan fingerprint density at radius 2 is 2.43 bits per heavy atom. The molecule has 0 amide bonds. The van der Waals surface area contributed by atoms with Gasteiger partial charge >= 0.3 is 0 Å². The summed E-state index contributed by atoms with van der Waals surface area (Å²) >= 11 is 7.07. The summed E-state index contributed by atoms with van der Waals surface area (Å²) in [5.74, 6) is 0. The van der Waals surface area contributed by atoms with Gasteiger partial charge in [0.25, 0.3) is 0 Å². The molecule has 1 aromatic heterocycles. The van der Waals surface area contributed by atoms with Crippen molar-refractivity contribution in [2.75, 3.05) is 25.1 Å². The summed E-state index contributed by atoms with van der Waals surface area (Å²) in [6, 6.07) is 0. The fraction of sp³-hybridized carbons (Fsp3) is 0.500. The molecule has 0 aliphatic carbocycles. The van der Waals surface area contributed by atoms with E-state index in [2.05, 4.69) is 4.98 Å². The number of carbonyl (C=O) groups excluding carboxylic acids is 1. The molecule has 1 fully saturated rings. The predicted octanol–water partition coefficient (Wildman–Crippen LogP) is 1.44. The standard InChI is InChI=1S/C8H9ClN2O2S/c1-13-5-2-11(3-5)8-10-7(9)6(4-12)14-8/h4-5H,2-3H2,1H3. The summed E-state index contributed by atoms with van der Waals surface area (Å²) in [4.78, 5) is 17.2. The third kappa shape index (κ3) is 1.63. The highest BCUT2D eigenvalue weighted by Gasteiger charge is 2.29. The van der Waals surface area contributed by atoms with Gasteiger partial charge in [0.2, 0.25) is 0 Å². The lowest BCUT2D eigenvalue weighted by atomic mass is 10.2. The Bertz CT molecular complexity index is 349. The van der Waals surface area contributed by atoms with Crippen LogP contribution in [0.1, 0.15) is 9.67 Å². The monoisotopic (exact) mass is 232 g/mol. The molecule has 1 aromatic rings. The Labute approximate surface area is 90.4 Å². The van der Waals surface area contributed by atoms with Gasteiger partial charge in [-0.3, -0.25) is 4.79 Å². The van der Waals surface area contributed by atoms with Crippen LogP contribution in [0.5, 0.6) is 0 Å². The van der Waals surface area contributed by atoms with E-state index in [-0.39, 0.29) is 6.10 Å². The number of nitrogens with zero attached hydrogens (tertiary/aromatic N) is 2. The summed E-state index contributed by atoms with van der Waals surface area (Å²) in [5.41, 5.74) is 0. The summed E-state index contributed by atoms with van der Waals surface area (Å²) in [6.07, 6.45) is 1.01. The lowest BCUT2D eigenvalue weighted by Gasteiger charge is -2.37. The van der Waals surface area contributed by atoms with E-state index >= 15 is 0 Å². The van der Waals surface area contributed by atoms with E-state index in [1.54, 1.807) is 7.11 Å². The zero-order valence-corrected chi connectivity index (χ0v) is 9.14. The SMILES string of the molecule is COC1CN(c2nc(Cl)c(C=O)s2)C1. The van der Waals surface area contributed by atoms with Crippen LogP contribution in [-0.4, -0.2) is 37.6 Å². The molecule has 1 aliphatic heterocycles. The third-order valence-corrected chi connectivity index (χ3v) is 3.60. The normalized spacial score (nSPS) is 16.9. The number of halogens is 1. The first-order valence-electron chi connectivity index (χ1n) is 4.14. The first-order valence-corrected chi connectivity index (χ1v) is 5.33. The molecule has 1 saturated heterocycles. The lowest BCUT2D eigenvalue weighted by molar-refractivity contribution is 0.0787. The molecule has 2 rings (SSSR count).